The molecule has 3 N–H and O–H groups in total. The van der Waals surface area contributed by atoms with Crippen molar-refractivity contribution in [1.82, 2.24) is 10.6 Å². The molecule has 4 rings (SSSR count). The first kappa shape index (κ1) is 24.6. The standard InChI is InChI=1S/C26H29N3O5S/c1-17(22-6-4-5-7-24(22)33-2)28-26(30)29-23-11-10-21(13-25(23)34-3)35(31,32)16-18-8-9-19-14-27-15-20(19)12-18/h4-13,17,27H,14-16H2,1-3H3,(H2,28,29,30). The zero-order valence-corrected chi connectivity index (χ0v) is 20.7. The second kappa shape index (κ2) is 10.4. The van der Waals surface area contributed by atoms with Crippen LogP contribution in [0.3, 0.4) is 0 Å². The lowest BCUT2D eigenvalue weighted by Crippen LogP contribution is -2.31. The van der Waals surface area contributed by atoms with Crippen LogP contribution in [0.5, 0.6) is 11.5 Å². The molecule has 0 fully saturated rings. The van der Waals surface area contributed by atoms with Gasteiger partial charge >= 0.3 is 6.03 Å². The Bertz CT molecular complexity index is 1340. The molecule has 0 aromatic heterocycles. The number of amides is 2. The Labute approximate surface area is 205 Å². The molecule has 9 heteroatoms. The lowest BCUT2D eigenvalue weighted by molar-refractivity contribution is 0.249. The molecule has 0 bridgehead atoms. The van der Waals surface area contributed by atoms with Crippen LogP contribution < -0.4 is 25.4 Å². The number of anilines is 1. The fourth-order valence-electron chi connectivity index (χ4n) is 4.17. The predicted molar refractivity (Wildman–Crippen MR) is 134 cm³/mol. The fraction of sp³-hybridized carbons (Fsp3) is 0.269. The van der Waals surface area contributed by atoms with Gasteiger partial charge in [0.15, 0.2) is 9.84 Å². The van der Waals surface area contributed by atoms with Crippen LogP contribution in [0, 0.1) is 0 Å². The summed E-state index contributed by atoms with van der Waals surface area (Å²) in [5, 5.41) is 8.86. The predicted octanol–water partition coefficient (Wildman–Crippen LogP) is 4.16. The highest BCUT2D eigenvalue weighted by atomic mass is 32.2. The highest BCUT2D eigenvalue weighted by Gasteiger charge is 2.21. The minimum atomic E-state index is -3.61. The van der Waals surface area contributed by atoms with Crippen LogP contribution >= 0.6 is 0 Å². The van der Waals surface area contributed by atoms with E-state index in [1.54, 1.807) is 7.11 Å². The lowest BCUT2D eigenvalue weighted by atomic mass is 10.1. The van der Waals surface area contributed by atoms with Crippen molar-refractivity contribution in [3.63, 3.8) is 0 Å². The minimum Gasteiger partial charge on any atom is -0.496 e. The van der Waals surface area contributed by atoms with Gasteiger partial charge in [0.25, 0.3) is 0 Å². The van der Waals surface area contributed by atoms with Gasteiger partial charge in [-0.2, -0.15) is 0 Å². The van der Waals surface area contributed by atoms with E-state index in [-0.39, 0.29) is 22.4 Å². The number of sulfone groups is 1. The van der Waals surface area contributed by atoms with Gasteiger partial charge in [-0.15, -0.1) is 0 Å². The van der Waals surface area contributed by atoms with Crippen molar-refractivity contribution in [1.29, 1.82) is 0 Å². The molecule has 184 valence electrons. The molecular weight excluding hydrogens is 466 g/mol. The zero-order valence-electron chi connectivity index (χ0n) is 19.9. The van der Waals surface area contributed by atoms with Crippen LogP contribution in [-0.2, 0) is 28.7 Å². The summed E-state index contributed by atoms with van der Waals surface area (Å²) < 4.78 is 36.9. The molecule has 1 aliphatic rings. The van der Waals surface area contributed by atoms with E-state index in [4.69, 9.17) is 9.47 Å². The number of urea groups is 1. The third-order valence-corrected chi connectivity index (χ3v) is 7.68. The number of hydrogen-bond donors (Lipinski definition) is 3. The number of rotatable bonds is 8. The molecule has 0 radical (unpaired) electrons. The normalized spacial score (nSPS) is 13.6. The summed E-state index contributed by atoms with van der Waals surface area (Å²) in [6, 6.07) is 16.9. The first-order valence-corrected chi connectivity index (χ1v) is 12.9. The van der Waals surface area contributed by atoms with Crippen molar-refractivity contribution >= 4 is 21.6 Å². The topological polar surface area (TPSA) is 106 Å². The molecule has 0 saturated heterocycles. The Hall–Kier alpha value is -3.56. The second-order valence-electron chi connectivity index (χ2n) is 8.39. The van der Waals surface area contributed by atoms with Crippen LogP contribution in [0.2, 0.25) is 0 Å². The number of carbonyl (C=O) groups is 1. The van der Waals surface area contributed by atoms with Gasteiger partial charge in [-0.3, -0.25) is 0 Å². The lowest BCUT2D eigenvalue weighted by Gasteiger charge is -2.18. The molecule has 1 heterocycles. The Morgan fingerprint density at radius 3 is 2.49 bits per heavy atom. The fourth-order valence-corrected chi connectivity index (χ4v) is 5.51. The summed E-state index contributed by atoms with van der Waals surface area (Å²) in [5.74, 6) is 0.809. The van der Waals surface area contributed by atoms with E-state index < -0.39 is 15.9 Å². The van der Waals surface area contributed by atoms with Gasteiger partial charge in [0, 0.05) is 24.7 Å². The molecule has 1 unspecified atom stereocenters. The summed E-state index contributed by atoms with van der Waals surface area (Å²) in [5.41, 5.74) is 4.25. The molecular formula is C26H29N3O5S. The average molecular weight is 496 g/mol. The summed E-state index contributed by atoms with van der Waals surface area (Å²) in [6.07, 6.45) is 0. The SMILES string of the molecule is COc1cc(S(=O)(=O)Cc2ccc3c(c2)CNC3)ccc1NC(=O)NC(C)c1ccccc1OC. The quantitative estimate of drug-likeness (QED) is 0.433. The molecule has 3 aromatic rings. The number of fused-ring (bicyclic) bond motifs is 1. The number of carbonyl (C=O) groups excluding carboxylic acids is 1. The van der Waals surface area contributed by atoms with E-state index in [0.29, 0.717) is 11.4 Å². The van der Waals surface area contributed by atoms with Crippen molar-refractivity contribution in [3.8, 4) is 11.5 Å². The largest absolute Gasteiger partial charge is 0.496 e. The van der Waals surface area contributed by atoms with E-state index in [1.807, 2.05) is 49.4 Å². The minimum absolute atomic E-state index is 0.118. The maximum absolute atomic E-state index is 13.1. The number of hydrogen-bond acceptors (Lipinski definition) is 6. The van der Waals surface area contributed by atoms with Gasteiger partial charge in [0.1, 0.15) is 11.5 Å². The number of methoxy groups -OCH3 is 2. The Morgan fingerprint density at radius 1 is 0.971 bits per heavy atom. The smallest absolute Gasteiger partial charge is 0.319 e. The Kier molecular flexibility index (Phi) is 7.28. The summed E-state index contributed by atoms with van der Waals surface area (Å²) in [4.78, 5) is 12.8. The second-order valence-corrected chi connectivity index (χ2v) is 10.4. The van der Waals surface area contributed by atoms with E-state index >= 15 is 0 Å². The molecule has 0 spiro atoms. The van der Waals surface area contributed by atoms with Crippen LogP contribution in [-0.4, -0.2) is 28.7 Å². The molecule has 0 aliphatic carbocycles. The number of benzene rings is 3. The van der Waals surface area contributed by atoms with Crippen molar-refractivity contribution in [3.05, 3.63) is 82.9 Å². The zero-order chi connectivity index (χ0) is 25.0. The molecule has 35 heavy (non-hydrogen) atoms. The maximum atomic E-state index is 13.1. The highest BCUT2D eigenvalue weighted by Crippen LogP contribution is 2.30. The molecule has 1 atom stereocenters. The van der Waals surface area contributed by atoms with E-state index in [0.717, 1.165) is 29.8 Å². The molecule has 2 amide bonds. The Morgan fingerprint density at radius 2 is 1.71 bits per heavy atom. The van der Waals surface area contributed by atoms with Crippen LogP contribution in [0.25, 0.3) is 0 Å². The van der Waals surface area contributed by atoms with Crippen molar-refractivity contribution < 1.29 is 22.7 Å². The molecule has 0 saturated carbocycles. The summed E-state index contributed by atoms with van der Waals surface area (Å²) in [6.45, 7) is 3.40. The molecule has 1 aliphatic heterocycles. The number of nitrogens with one attached hydrogen (secondary N) is 3. The van der Waals surface area contributed by atoms with Crippen LogP contribution in [0.15, 0.2) is 65.6 Å². The monoisotopic (exact) mass is 495 g/mol. The van der Waals surface area contributed by atoms with E-state index in [1.165, 1.54) is 30.9 Å². The number of ether oxygens (including phenoxy) is 2. The molecule has 3 aromatic carbocycles. The van der Waals surface area contributed by atoms with Crippen LogP contribution in [0.1, 0.15) is 35.2 Å². The van der Waals surface area contributed by atoms with Gasteiger partial charge in [-0.1, -0.05) is 36.4 Å². The molecule has 8 nitrogen and oxygen atoms in total. The maximum Gasteiger partial charge on any atom is 0.319 e. The van der Waals surface area contributed by atoms with E-state index in [2.05, 4.69) is 16.0 Å². The third kappa shape index (κ3) is 5.58. The van der Waals surface area contributed by atoms with Gasteiger partial charge < -0.3 is 25.4 Å². The third-order valence-electron chi connectivity index (χ3n) is 5.99. The highest BCUT2D eigenvalue weighted by molar-refractivity contribution is 7.90. The van der Waals surface area contributed by atoms with Gasteiger partial charge in [0.05, 0.1) is 36.6 Å². The van der Waals surface area contributed by atoms with Crippen molar-refractivity contribution in [2.75, 3.05) is 19.5 Å². The van der Waals surface area contributed by atoms with Crippen molar-refractivity contribution in [2.45, 2.75) is 36.7 Å². The van der Waals surface area contributed by atoms with Gasteiger partial charge in [0.2, 0.25) is 0 Å². The van der Waals surface area contributed by atoms with Crippen molar-refractivity contribution in [2.24, 2.45) is 0 Å². The average Bonchev–Trinajstić information content (AvgIpc) is 3.31. The van der Waals surface area contributed by atoms with Crippen LogP contribution in [0.4, 0.5) is 10.5 Å². The Balaban J connectivity index is 1.47. The van der Waals surface area contributed by atoms with E-state index in [9.17, 15) is 13.2 Å². The summed E-state index contributed by atoms with van der Waals surface area (Å²) in [7, 11) is -0.607. The summed E-state index contributed by atoms with van der Waals surface area (Å²) >= 11 is 0. The first-order chi connectivity index (χ1) is 16.8. The first-order valence-electron chi connectivity index (χ1n) is 11.2. The van der Waals surface area contributed by atoms with Gasteiger partial charge in [-0.25, -0.2) is 13.2 Å². The van der Waals surface area contributed by atoms with Gasteiger partial charge in [-0.05, 0) is 41.8 Å². The number of para-hydroxylation sites is 1.